The molecule has 0 radical (unpaired) electrons. The van der Waals surface area contributed by atoms with Crippen LogP contribution in [0, 0.1) is 0 Å². The molecule has 7 heteroatoms. The van der Waals surface area contributed by atoms with Crippen molar-refractivity contribution in [3.05, 3.63) is 59.7 Å². The van der Waals surface area contributed by atoms with Crippen LogP contribution in [0.5, 0.6) is 17.2 Å². The number of phenolic OH excluding ortho intramolecular Hbond substituents is 1. The fraction of sp³-hybridized carbons (Fsp3) is 0.125. The summed E-state index contributed by atoms with van der Waals surface area (Å²) in [5.41, 5.74) is 1.61. The van der Waals surface area contributed by atoms with Gasteiger partial charge in [-0.25, -0.2) is 0 Å². The summed E-state index contributed by atoms with van der Waals surface area (Å²) in [4.78, 5) is 0. The lowest BCUT2D eigenvalue weighted by atomic mass is 10.1. The van der Waals surface area contributed by atoms with Gasteiger partial charge in [0.15, 0.2) is 11.5 Å². The van der Waals surface area contributed by atoms with Gasteiger partial charge >= 0.3 is 10.4 Å². The zero-order valence-corrected chi connectivity index (χ0v) is 13.2. The number of rotatable bonds is 6. The molecule has 0 unspecified atom stereocenters. The number of aromatic hydroxyl groups is 1. The summed E-state index contributed by atoms with van der Waals surface area (Å²) in [6.07, 6.45) is 4.18. The van der Waals surface area contributed by atoms with Crippen LogP contribution in [0.2, 0.25) is 0 Å². The predicted octanol–water partition coefficient (Wildman–Crippen LogP) is 2.84. The van der Waals surface area contributed by atoms with Gasteiger partial charge in [-0.15, -0.1) is 0 Å². The van der Waals surface area contributed by atoms with Gasteiger partial charge in [-0.2, -0.15) is 8.42 Å². The molecule has 0 aromatic heterocycles. The van der Waals surface area contributed by atoms with Gasteiger partial charge in [0.25, 0.3) is 0 Å². The predicted molar refractivity (Wildman–Crippen MR) is 86.0 cm³/mol. The van der Waals surface area contributed by atoms with E-state index < -0.39 is 21.9 Å². The van der Waals surface area contributed by atoms with E-state index in [1.807, 2.05) is 42.5 Å². The van der Waals surface area contributed by atoms with Crippen LogP contribution in [-0.2, 0) is 16.8 Å². The summed E-state index contributed by atoms with van der Waals surface area (Å²) in [6, 6.07) is 12.5. The fourth-order valence-electron chi connectivity index (χ4n) is 2.05. The van der Waals surface area contributed by atoms with Crippen molar-refractivity contribution in [1.82, 2.24) is 0 Å². The van der Waals surface area contributed by atoms with Gasteiger partial charge in [0.1, 0.15) is 0 Å². The number of hydrogen-bond donors (Lipinski definition) is 2. The van der Waals surface area contributed by atoms with Crippen LogP contribution in [0.4, 0.5) is 0 Å². The van der Waals surface area contributed by atoms with E-state index in [9.17, 15) is 13.5 Å². The normalized spacial score (nSPS) is 11.6. The molecule has 23 heavy (non-hydrogen) atoms. The molecular formula is C16H16O6S. The molecule has 2 aromatic rings. The molecule has 122 valence electrons. The highest BCUT2D eigenvalue weighted by atomic mass is 32.3. The zero-order valence-electron chi connectivity index (χ0n) is 12.3. The Balaban J connectivity index is 2.28. The SMILES string of the molecule is COc1c(C/C=C/c2ccccc2)ccc(O)c1OS(=O)(=O)O. The minimum atomic E-state index is -4.77. The molecule has 0 fully saturated rings. The van der Waals surface area contributed by atoms with Gasteiger partial charge < -0.3 is 14.0 Å². The van der Waals surface area contributed by atoms with Crippen molar-refractivity contribution in [3.8, 4) is 17.2 Å². The third kappa shape index (κ3) is 4.73. The molecule has 0 saturated heterocycles. The first kappa shape index (κ1) is 16.9. The van der Waals surface area contributed by atoms with Crippen molar-refractivity contribution in [2.75, 3.05) is 7.11 Å². The van der Waals surface area contributed by atoms with Gasteiger partial charge in [0.2, 0.25) is 5.75 Å². The molecule has 2 rings (SSSR count). The monoisotopic (exact) mass is 336 g/mol. The molecule has 0 saturated carbocycles. The number of allylic oxidation sites excluding steroid dienone is 1. The highest BCUT2D eigenvalue weighted by molar-refractivity contribution is 7.81. The van der Waals surface area contributed by atoms with Gasteiger partial charge in [0, 0.05) is 5.56 Å². The lowest BCUT2D eigenvalue weighted by Gasteiger charge is -2.13. The topological polar surface area (TPSA) is 93.1 Å². The van der Waals surface area contributed by atoms with Crippen LogP contribution >= 0.6 is 0 Å². The van der Waals surface area contributed by atoms with E-state index in [4.69, 9.17) is 9.29 Å². The minimum Gasteiger partial charge on any atom is -0.504 e. The lowest BCUT2D eigenvalue weighted by molar-refractivity contribution is 0.343. The molecule has 0 aliphatic carbocycles. The Morgan fingerprint density at radius 3 is 2.39 bits per heavy atom. The Kier molecular flexibility index (Phi) is 5.25. The number of methoxy groups -OCH3 is 1. The first-order valence-electron chi connectivity index (χ1n) is 6.68. The van der Waals surface area contributed by atoms with E-state index in [0.717, 1.165) is 5.56 Å². The number of hydrogen-bond acceptors (Lipinski definition) is 5. The van der Waals surface area contributed by atoms with Crippen LogP contribution in [0.1, 0.15) is 11.1 Å². The Morgan fingerprint density at radius 2 is 1.78 bits per heavy atom. The maximum Gasteiger partial charge on any atom is 0.446 e. The fourth-order valence-corrected chi connectivity index (χ4v) is 2.42. The molecule has 0 aliphatic heterocycles. The summed E-state index contributed by atoms with van der Waals surface area (Å²) in [5.74, 6) is -0.851. The van der Waals surface area contributed by atoms with Crippen LogP contribution in [0.3, 0.4) is 0 Å². The van der Waals surface area contributed by atoms with Gasteiger partial charge in [0.05, 0.1) is 7.11 Å². The summed E-state index contributed by atoms with van der Waals surface area (Å²) >= 11 is 0. The van der Waals surface area contributed by atoms with E-state index >= 15 is 0 Å². The maximum absolute atomic E-state index is 10.9. The van der Waals surface area contributed by atoms with Crippen molar-refractivity contribution < 1.29 is 27.0 Å². The summed E-state index contributed by atoms with van der Waals surface area (Å²) < 4.78 is 40.1. The van der Waals surface area contributed by atoms with E-state index in [1.54, 1.807) is 6.07 Å². The molecule has 6 nitrogen and oxygen atoms in total. The average Bonchev–Trinajstić information content (AvgIpc) is 2.50. The zero-order chi connectivity index (χ0) is 16.9. The molecule has 0 amide bonds. The molecule has 0 aliphatic rings. The van der Waals surface area contributed by atoms with Crippen molar-refractivity contribution in [2.45, 2.75) is 6.42 Å². The Bertz CT molecular complexity index is 797. The molecular weight excluding hydrogens is 320 g/mol. The molecule has 0 bridgehead atoms. The molecule has 2 N–H and O–H groups in total. The highest BCUT2D eigenvalue weighted by Gasteiger charge is 2.20. The Labute approximate surface area is 134 Å². The Morgan fingerprint density at radius 1 is 1.09 bits per heavy atom. The summed E-state index contributed by atoms with van der Waals surface area (Å²) in [5, 5.41) is 9.72. The van der Waals surface area contributed by atoms with Crippen molar-refractivity contribution in [1.29, 1.82) is 0 Å². The number of benzene rings is 2. The summed E-state index contributed by atoms with van der Waals surface area (Å²) in [7, 11) is -3.46. The molecule has 0 heterocycles. The third-order valence-corrected chi connectivity index (χ3v) is 3.39. The molecule has 0 spiro atoms. The first-order chi connectivity index (χ1) is 10.9. The maximum atomic E-state index is 10.9. The second-order valence-corrected chi connectivity index (χ2v) is 5.66. The van der Waals surface area contributed by atoms with Crippen molar-refractivity contribution in [3.63, 3.8) is 0 Å². The molecule has 2 aromatic carbocycles. The number of phenols is 1. The van der Waals surface area contributed by atoms with E-state index in [2.05, 4.69) is 4.18 Å². The van der Waals surface area contributed by atoms with Gasteiger partial charge in [-0.3, -0.25) is 4.55 Å². The first-order valence-corrected chi connectivity index (χ1v) is 8.04. The quantitative estimate of drug-likeness (QED) is 0.788. The second kappa shape index (κ2) is 7.17. The molecule has 0 atom stereocenters. The van der Waals surface area contributed by atoms with Crippen LogP contribution in [0.15, 0.2) is 48.5 Å². The lowest BCUT2D eigenvalue weighted by Crippen LogP contribution is -2.08. The van der Waals surface area contributed by atoms with E-state index in [-0.39, 0.29) is 5.75 Å². The van der Waals surface area contributed by atoms with Gasteiger partial charge in [-0.05, 0) is 18.1 Å². The minimum absolute atomic E-state index is 0.0420. The largest absolute Gasteiger partial charge is 0.504 e. The smallest absolute Gasteiger partial charge is 0.446 e. The summed E-state index contributed by atoms with van der Waals surface area (Å²) in [6.45, 7) is 0. The van der Waals surface area contributed by atoms with Crippen molar-refractivity contribution in [2.24, 2.45) is 0 Å². The Hall–Kier alpha value is -2.51. The second-order valence-electron chi connectivity index (χ2n) is 4.63. The van der Waals surface area contributed by atoms with Crippen LogP contribution in [-0.4, -0.2) is 25.2 Å². The van der Waals surface area contributed by atoms with Crippen LogP contribution < -0.4 is 8.92 Å². The van der Waals surface area contributed by atoms with E-state index in [1.165, 1.54) is 13.2 Å². The van der Waals surface area contributed by atoms with Crippen LogP contribution in [0.25, 0.3) is 6.08 Å². The van der Waals surface area contributed by atoms with Gasteiger partial charge in [-0.1, -0.05) is 48.6 Å². The third-order valence-electron chi connectivity index (χ3n) is 3.01. The highest BCUT2D eigenvalue weighted by Crippen LogP contribution is 2.40. The number of ether oxygens (including phenoxy) is 1. The average molecular weight is 336 g/mol. The van der Waals surface area contributed by atoms with Crippen molar-refractivity contribution >= 4 is 16.5 Å². The van der Waals surface area contributed by atoms with E-state index in [0.29, 0.717) is 12.0 Å². The standard InChI is InChI=1S/C16H16O6S/c1-21-15-13(9-5-8-12-6-3-2-4-7-12)10-11-14(17)16(15)22-23(18,19)20/h2-8,10-11,17H,9H2,1H3,(H,18,19,20)/b8-5+.